The van der Waals surface area contributed by atoms with Gasteiger partial charge in [-0.15, -0.1) is 11.8 Å². The van der Waals surface area contributed by atoms with Crippen LogP contribution < -0.4 is 0 Å². The summed E-state index contributed by atoms with van der Waals surface area (Å²) in [5, 5.41) is 14.6. The van der Waals surface area contributed by atoms with E-state index < -0.39 is 0 Å². The number of hydrogen-bond acceptors (Lipinski definition) is 5. The summed E-state index contributed by atoms with van der Waals surface area (Å²) in [4.78, 5) is 8.27. The molecule has 0 fully saturated rings. The summed E-state index contributed by atoms with van der Waals surface area (Å²) in [6, 6.07) is 0. The molecule has 2 aromatic heterocycles. The van der Waals surface area contributed by atoms with Crippen molar-refractivity contribution < 1.29 is 5.11 Å². The van der Waals surface area contributed by atoms with E-state index in [1.165, 1.54) is 18.1 Å². The number of nitrogens with zero attached hydrogens (tertiary/aromatic N) is 4. The second kappa shape index (κ2) is 3.93. The van der Waals surface area contributed by atoms with E-state index in [0.29, 0.717) is 5.75 Å². The molecule has 2 rings (SSSR count). The molecule has 6 heteroatoms. The van der Waals surface area contributed by atoms with Crippen LogP contribution in [0.25, 0.3) is 11.0 Å². The molecule has 0 aliphatic rings. The van der Waals surface area contributed by atoms with E-state index in [4.69, 9.17) is 5.11 Å². The lowest BCUT2D eigenvalue weighted by molar-refractivity contribution is 0.322. The van der Waals surface area contributed by atoms with Gasteiger partial charge in [0.05, 0.1) is 18.2 Å². The van der Waals surface area contributed by atoms with Crippen LogP contribution in [-0.4, -0.2) is 37.2 Å². The summed E-state index contributed by atoms with van der Waals surface area (Å²) < 4.78 is 1.71. The fraction of sp³-hybridized carbons (Fsp3) is 0.375. The van der Waals surface area contributed by atoms with Gasteiger partial charge in [-0.1, -0.05) is 0 Å². The minimum Gasteiger partial charge on any atom is -0.396 e. The van der Waals surface area contributed by atoms with E-state index in [2.05, 4.69) is 15.1 Å². The maximum Gasteiger partial charge on any atom is 0.162 e. The summed E-state index contributed by atoms with van der Waals surface area (Å²) in [5.41, 5.74) is 0.820. The molecule has 0 bridgehead atoms. The number of aryl methyl sites for hydroxylation is 1. The number of aliphatic hydroxyl groups excluding tert-OH is 1. The van der Waals surface area contributed by atoms with Gasteiger partial charge in [0.15, 0.2) is 5.65 Å². The maximum atomic E-state index is 8.72. The molecule has 0 radical (unpaired) electrons. The third-order valence-electron chi connectivity index (χ3n) is 1.82. The fourth-order valence-electron chi connectivity index (χ4n) is 1.20. The van der Waals surface area contributed by atoms with E-state index >= 15 is 0 Å². The molecule has 0 atom stereocenters. The highest BCUT2D eigenvalue weighted by Gasteiger charge is 2.07. The van der Waals surface area contributed by atoms with E-state index in [9.17, 15) is 0 Å². The molecule has 74 valence electrons. The lowest BCUT2D eigenvalue weighted by Gasteiger charge is -1.99. The van der Waals surface area contributed by atoms with Crippen LogP contribution in [0.1, 0.15) is 0 Å². The Kier molecular flexibility index (Phi) is 2.64. The molecule has 5 nitrogen and oxygen atoms in total. The average molecular weight is 210 g/mol. The first kappa shape index (κ1) is 9.42. The Bertz CT molecular complexity index is 442. The number of aliphatic hydroxyl groups is 1. The molecule has 0 unspecified atom stereocenters. The SMILES string of the molecule is Cn1ncc2c(SCCO)ncnc21. The van der Waals surface area contributed by atoms with Crippen LogP contribution in [0.2, 0.25) is 0 Å². The number of aromatic nitrogens is 4. The zero-order valence-corrected chi connectivity index (χ0v) is 8.53. The highest BCUT2D eigenvalue weighted by molar-refractivity contribution is 7.99. The predicted octanol–water partition coefficient (Wildman–Crippen LogP) is 0.448. The van der Waals surface area contributed by atoms with Crippen molar-refractivity contribution in [2.75, 3.05) is 12.4 Å². The molecule has 2 heterocycles. The molecule has 0 amide bonds. The smallest absolute Gasteiger partial charge is 0.162 e. The van der Waals surface area contributed by atoms with Gasteiger partial charge in [0.2, 0.25) is 0 Å². The van der Waals surface area contributed by atoms with Gasteiger partial charge in [-0.3, -0.25) is 4.68 Å². The largest absolute Gasteiger partial charge is 0.396 e. The molecular formula is C8H10N4OS. The lowest BCUT2D eigenvalue weighted by Crippen LogP contribution is -1.93. The van der Waals surface area contributed by atoms with Crippen LogP contribution in [-0.2, 0) is 7.05 Å². The summed E-state index contributed by atoms with van der Waals surface area (Å²) in [6.07, 6.45) is 3.26. The second-order valence-corrected chi connectivity index (χ2v) is 3.84. The molecule has 1 N–H and O–H groups in total. The van der Waals surface area contributed by atoms with Crippen molar-refractivity contribution in [1.29, 1.82) is 0 Å². The van der Waals surface area contributed by atoms with Crippen LogP contribution >= 0.6 is 11.8 Å². The van der Waals surface area contributed by atoms with Crippen LogP contribution in [0, 0.1) is 0 Å². The van der Waals surface area contributed by atoms with Gasteiger partial charge < -0.3 is 5.11 Å². The summed E-state index contributed by atoms with van der Waals surface area (Å²) in [7, 11) is 1.84. The van der Waals surface area contributed by atoms with Gasteiger partial charge in [0.1, 0.15) is 11.4 Å². The topological polar surface area (TPSA) is 63.8 Å². The average Bonchev–Trinajstić information content (AvgIpc) is 2.58. The first-order valence-corrected chi connectivity index (χ1v) is 5.18. The Labute approximate surface area is 85.2 Å². The van der Waals surface area contributed by atoms with Crippen molar-refractivity contribution in [3.05, 3.63) is 12.5 Å². The zero-order chi connectivity index (χ0) is 9.97. The first-order chi connectivity index (χ1) is 6.83. The highest BCUT2D eigenvalue weighted by atomic mass is 32.2. The fourth-order valence-corrected chi connectivity index (χ4v) is 1.90. The van der Waals surface area contributed by atoms with Crippen molar-refractivity contribution in [2.24, 2.45) is 7.05 Å². The van der Waals surface area contributed by atoms with Gasteiger partial charge in [-0.2, -0.15) is 5.10 Å². The molecule has 0 spiro atoms. The minimum atomic E-state index is 0.149. The van der Waals surface area contributed by atoms with Gasteiger partial charge in [-0.25, -0.2) is 9.97 Å². The summed E-state index contributed by atoms with van der Waals surface area (Å²) in [5.74, 6) is 0.640. The number of hydrogen-bond donors (Lipinski definition) is 1. The number of thioether (sulfide) groups is 1. The predicted molar refractivity (Wildman–Crippen MR) is 54.1 cm³/mol. The van der Waals surface area contributed by atoms with E-state index in [1.54, 1.807) is 10.9 Å². The first-order valence-electron chi connectivity index (χ1n) is 4.19. The van der Waals surface area contributed by atoms with Crippen LogP contribution in [0.3, 0.4) is 0 Å². The molecule has 14 heavy (non-hydrogen) atoms. The third-order valence-corrected chi connectivity index (χ3v) is 2.81. The number of fused-ring (bicyclic) bond motifs is 1. The molecule has 0 aromatic carbocycles. The minimum absolute atomic E-state index is 0.149. The molecule has 2 aromatic rings. The summed E-state index contributed by atoms with van der Waals surface area (Å²) >= 11 is 1.51. The van der Waals surface area contributed by atoms with Gasteiger partial charge >= 0.3 is 0 Å². The van der Waals surface area contributed by atoms with Crippen LogP contribution in [0.15, 0.2) is 17.6 Å². The van der Waals surface area contributed by atoms with E-state index in [0.717, 1.165) is 16.1 Å². The Morgan fingerprint density at radius 3 is 3.14 bits per heavy atom. The van der Waals surface area contributed by atoms with Crippen LogP contribution in [0.4, 0.5) is 0 Å². The highest BCUT2D eigenvalue weighted by Crippen LogP contribution is 2.22. The third kappa shape index (κ3) is 1.58. The zero-order valence-electron chi connectivity index (χ0n) is 7.71. The Hall–Kier alpha value is -1.14. The Balaban J connectivity index is 2.44. The standard InChI is InChI=1S/C8H10N4OS/c1-12-7-6(4-11-12)8(10-5-9-7)14-3-2-13/h4-5,13H,2-3H2,1H3. The lowest BCUT2D eigenvalue weighted by atomic mass is 10.4. The molecular weight excluding hydrogens is 200 g/mol. The Morgan fingerprint density at radius 2 is 2.36 bits per heavy atom. The van der Waals surface area contributed by atoms with Crippen molar-refractivity contribution >= 4 is 22.8 Å². The van der Waals surface area contributed by atoms with Gasteiger partial charge in [0.25, 0.3) is 0 Å². The summed E-state index contributed by atoms with van der Waals surface area (Å²) in [6.45, 7) is 0.149. The van der Waals surface area contributed by atoms with Gasteiger partial charge in [-0.05, 0) is 0 Å². The van der Waals surface area contributed by atoms with Gasteiger partial charge in [0, 0.05) is 12.8 Å². The normalized spacial score (nSPS) is 11.0. The molecule has 0 saturated carbocycles. The van der Waals surface area contributed by atoms with Crippen LogP contribution in [0.5, 0.6) is 0 Å². The van der Waals surface area contributed by atoms with Crippen molar-refractivity contribution in [2.45, 2.75) is 5.03 Å². The second-order valence-electron chi connectivity index (χ2n) is 2.76. The van der Waals surface area contributed by atoms with Crippen molar-refractivity contribution in [3.8, 4) is 0 Å². The maximum absolute atomic E-state index is 8.72. The Morgan fingerprint density at radius 1 is 1.50 bits per heavy atom. The number of rotatable bonds is 3. The molecule has 0 saturated heterocycles. The molecule has 0 aliphatic carbocycles. The van der Waals surface area contributed by atoms with Crippen molar-refractivity contribution in [3.63, 3.8) is 0 Å². The molecule has 0 aliphatic heterocycles. The van der Waals surface area contributed by atoms with Crippen molar-refractivity contribution in [1.82, 2.24) is 19.7 Å². The van der Waals surface area contributed by atoms with E-state index in [1.807, 2.05) is 7.05 Å². The monoisotopic (exact) mass is 210 g/mol. The quantitative estimate of drug-likeness (QED) is 0.588. The van der Waals surface area contributed by atoms with E-state index in [-0.39, 0.29) is 6.61 Å².